The van der Waals surface area contributed by atoms with E-state index in [0.717, 1.165) is 38.3 Å². The van der Waals surface area contributed by atoms with Crippen LogP contribution in [0.5, 0.6) is 5.75 Å². The predicted molar refractivity (Wildman–Crippen MR) is 84.9 cm³/mol. The fourth-order valence-corrected chi connectivity index (χ4v) is 3.44. The van der Waals surface area contributed by atoms with Crippen molar-refractivity contribution in [1.29, 1.82) is 0 Å². The summed E-state index contributed by atoms with van der Waals surface area (Å²) in [5.41, 5.74) is 2.08. The Balaban J connectivity index is 1.97. The Hall–Kier alpha value is -0.850. The first-order valence-electron chi connectivity index (χ1n) is 6.16. The molecular formula is C14H16Br2N2O2. The molecule has 1 heterocycles. The van der Waals surface area contributed by atoms with Crippen molar-refractivity contribution in [2.45, 2.75) is 26.9 Å². The molecule has 2 aromatic rings. The number of benzene rings is 1. The largest absolute Gasteiger partial charge is 0.494 e. The van der Waals surface area contributed by atoms with E-state index in [-0.39, 0.29) is 0 Å². The highest BCUT2D eigenvalue weighted by Crippen LogP contribution is 2.34. The van der Waals surface area contributed by atoms with Gasteiger partial charge in [0.2, 0.25) is 5.89 Å². The van der Waals surface area contributed by atoms with Gasteiger partial charge in [0, 0.05) is 6.54 Å². The molecule has 20 heavy (non-hydrogen) atoms. The topological polar surface area (TPSA) is 47.3 Å². The maximum absolute atomic E-state index is 5.52. The maximum atomic E-state index is 5.52. The van der Waals surface area contributed by atoms with Crippen LogP contribution in [0.2, 0.25) is 0 Å². The van der Waals surface area contributed by atoms with E-state index in [1.54, 1.807) is 7.11 Å². The molecular weight excluding hydrogens is 388 g/mol. The highest BCUT2D eigenvalue weighted by Gasteiger charge is 2.08. The standard InChI is InChI=1S/C14H16Br2N2O2/c1-8-9(2)20-13(18-8)7-17-6-10-4-11(15)14(19-3)12(16)5-10/h4-5,17H,6-7H2,1-3H3. The average Bonchev–Trinajstić information content (AvgIpc) is 2.68. The highest BCUT2D eigenvalue weighted by molar-refractivity contribution is 9.11. The van der Waals surface area contributed by atoms with Gasteiger partial charge >= 0.3 is 0 Å². The van der Waals surface area contributed by atoms with Crippen LogP contribution in [-0.2, 0) is 13.1 Å². The lowest BCUT2D eigenvalue weighted by molar-refractivity contribution is 0.409. The van der Waals surface area contributed by atoms with Crippen molar-refractivity contribution < 1.29 is 9.15 Å². The van der Waals surface area contributed by atoms with Gasteiger partial charge in [0.05, 0.1) is 28.3 Å². The van der Waals surface area contributed by atoms with Crippen molar-refractivity contribution in [1.82, 2.24) is 10.3 Å². The number of halogens is 2. The third-order valence-corrected chi connectivity index (χ3v) is 4.12. The van der Waals surface area contributed by atoms with Gasteiger partial charge in [-0.2, -0.15) is 0 Å². The summed E-state index contributed by atoms with van der Waals surface area (Å²) in [5, 5.41) is 3.31. The quantitative estimate of drug-likeness (QED) is 0.815. The molecule has 1 N–H and O–H groups in total. The number of methoxy groups -OCH3 is 1. The van der Waals surface area contributed by atoms with Crippen LogP contribution in [0.3, 0.4) is 0 Å². The molecule has 0 aliphatic carbocycles. The summed E-state index contributed by atoms with van der Waals surface area (Å²) in [5.74, 6) is 2.39. The Morgan fingerprint density at radius 2 is 1.85 bits per heavy atom. The second kappa shape index (κ2) is 6.74. The van der Waals surface area contributed by atoms with E-state index < -0.39 is 0 Å². The van der Waals surface area contributed by atoms with Crippen molar-refractivity contribution in [2.24, 2.45) is 0 Å². The summed E-state index contributed by atoms with van der Waals surface area (Å²) in [6, 6.07) is 4.06. The smallest absolute Gasteiger partial charge is 0.208 e. The first kappa shape index (κ1) is 15.5. The predicted octanol–water partition coefficient (Wildman–Crippen LogP) is 4.11. The Kier molecular flexibility index (Phi) is 5.23. The lowest BCUT2D eigenvalue weighted by atomic mass is 10.2. The molecule has 2 rings (SSSR count). The molecule has 108 valence electrons. The van der Waals surface area contributed by atoms with Gasteiger partial charge in [-0.3, -0.25) is 0 Å². The summed E-state index contributed by atoms with van der Waals surface area (Å²) in [6.07, 6.45) is 0. The number of hydrogen-bond donors (Lipinski definition) is 1. The minimum atomic E-state index is 0.607. The summed E-state index contributed by atoms with van der Waals surface area (Å²) < 4.78 is 12.7. The van der Waals surface area contributed by atoms with E-state index in [0.29, 0.717) is 12.4 Å². The van der Waals surface area contributed by atoms with Crippen LogP contribution in [0.25, 0.3) is 0 Å². The van der Waals surface area contributed by atoms with Gasteiger partial charge in [-0.05, 0) is 63.4 Å². The van der Waals surface area contributed by atoms with Crippen molar-refractivity contribution in [2.75, 3.05) is 7.11 Å². The Bertz CT molecular complexity index is 569. The minimum Gasteiger partial charge on any atom is -0.494 e. The van der Waals surface area contributed by atoms with Crippen LogP contribution >= 0.6 is 31.9 Å². The lowest BCUT2D eigenvalue weighted by Gasteiger charge is -2.09. The van der Waals surface area contributed by atoms with Crippen LogP contribution in [-0.4, -0.2) is 12.1 Å². The Morgan fingerprint density at radius 3 is 2.35 bits per heavy atom. The molecule has 0 aliphatic rings. The molecule has 1 aromatic carbocycles. The van der Waals surface area contributed by atoms with Gasteiger partial charge in [-0.1, -0.05) is 0 Å². The van der Waals surface area contributed by atoms with Gasteiger partial charge in [0.25, 0.3) is 0 Å². The van der Waals surface area contributed by atoms with E-state index in [1.165, 1.54) is 0 Å². The van der Waals surface area contributed by atoms with Crippen LogP contribution in [0, 0.1) is 13.8 Å². The molecule has 0 aliphatic heterocycles. The number of rotatable bonds is 5. The molecule has 0 spiro atoms. The Morgan fingerprint density at radius 1 is 1.20 bits per heavy atom. The van der Waals surface area contributed by atoms with Crippen molar-refractivity contribution in [3.63, 3.8) is 0 Å². The first-order chi connectivity index (χ1) is 9.51. The number of hydrogen-bond acceptors (Lipinski definition) is 4. The molecule has 0 amide bonds. The monoisotopic (exact) mass is 402 g/mol. The van der Waals surface area contributed by atoms with E-state index in [4.69, 9.17) is 9.15 Å². The third kappa shape index (κ3) is 3.62. The summed E-state index contributed by atoms with van der Waals surface area (Å²) in [7, 11) is 1.65. The van der Waals surface area contributed by atoms with Crippen molar-refractivity contribution in [3.05, 3.63) is 44.0 Å². The lowest BCUT2D eigenvalue weighted by Crippen LogP contribution is -2.13. The number of ether oxygens (including phenoxy) is 1. The Labute approximate surface area is 135 Å². The van der Waals surface area contributed by atoms with Gasteiger partial charge in [-0.25, -0.2) is 4.98 Å². The van der Waals surface area contributed by atoms with Crippen LogP contribution < -0.4 is 10.1 Å². The fourth-order valence-electron chi connectivity index (χ4n) is 1.84. The minimum absolute atomic E-state index is 0.607. The average molecular weight is 404 g/mol. The van der Waals surface area contributed by atoms with Gasteiger partial charge < -0.3 is 14.5 Å². The van der Waals surface area contributed by atoms with Crippen molar-refractivity contribution >= 4 is 31.9 Å². The molecule has 4 nitrogen and oxygen atoms in total. The van der Waals surface area contributed by atoms with Crippen LogP contribution in [0.15, 0.2) is 25.5 Å². The van der Waals surface area contributed by atoms with E-state index >= 15 is 0 Å². The third-order valence-electron chi connectivity index (χ3n) is 2.94. The van der Waals surface area contributed by atoms with Crippen LogP contribution in [0.1, 0.15) is 22.9 Å². The van der Waals surface area contributed by atoms with Crippen LogP contribution in [0.4, 0.5) is 0 Å². The molecule has 6 heteroatoms. The number of aryl methyl sites for hydroxylation is 2. The zero-order valence-corrected chi connectivity index (χ0v) is 14.8. The molecule has 0 bridgehead atoms. The molecule has 1 aromatic heterocycles. The summed E-state index contributed by atoms with van der Waals surface area (Å²) >= 11 is 6.99. The van der Waals surface area contributed by atoms with Gasteiger partial charge in [-0.15, -0.1) is 0 Å². The highest BCUT2D eigenvalue weighted by atomic mass is 79.9. The second-order valence-electron chi connectivity index (χ2n) is 4.45. The maximum Gasteiger partial charge on any atom is 0.208 e. The number of nitrogens with one attached hydrogen (secondary N) is 1. The zero-order valence-electron chi connectivity index (χ0n) is 11.6. The van der Waals surface area contributed by atoms with Crippen molar-refractivity contribution in [3.8, 4) is 5.75 Å². The summed E-state index contributed by atoms with van der Waals surface area (Å²) in [6.45, 7) is 5.20. The second-order valence-corrected chi connectivity index (χ2v) is 6.15. The van der Waals surface area contributed by atoms with E-state index in [2.05, 4.69) is 42.2 Å². The van der Waals surface area contributed by atoms with E-state index in [1.807, 2.05) is 26.0 Å². The van der Waals surface area contributed by atoms with Gasteiger partial charge in [0.1, 0.15) is 11.5 Å². The molecule has 0 atom stereocenters. The normalized spacial score (nSPS) is 10.8. The van der Waals surface area contributed by atoms with E-state index in [9.17, 15) is 0 Å². The molecule has 0 unspecified atom stereocenters. The summed E-state index contributed by atoms with van der Waals surface area (Å²) in [4.78, 5) is 4.34. The van der Waals surface area contributed by atoms with Gasteiger partial charge in [0.15, 0.2) is 0 Å². The molecule has 0 saturated heterocycles. The zero-order chi connectivity index (χ0) is 14.7. The number of nitrogens with zero attached hydrogens (tertiary/aromatic N) is 1. The molecule has 0 saturated carbocycles. The molecule has 0 radical (unpaired) electrons. The SMILES string of the molecule is COc1c(Br)cc(CNCc2nc(C)c(C)o2)cc1Br. The number of oxazole rings is 1. The molecule has 0 fully saturated rings. The first-order valence-corrected chi connectivity index (χ1v) is 7.75. The fraction of sp³-hybridized carbons (Fsp3) is 0.357. The number of aromatic nitrogens is 1.